The van der Waals surface area contributed by atoms with Crippen molar-refractivity contribution in [2.45, 2.75) is 38.2 Å². The SMILES string of the molecule is COc1ccccc1CCC(=O)Nc1sc2c(c1C#N)CCC(O)C2. The molecule has 1 aromatic heterocycles. The summed E-state index contributed by atoms with van der Waals surface area (Å²) < 4.78 is 5.30. The summed E-state index contributed by atoms with van der Waals surface area (Å²) in [6.07, 6.45) is 2.45. The number of thiophene rings is 1. The normalized spacial score (nSPS) is 16.0. The lowest BCUT2D eigenvalue weighted by atomic mass is 9.94. The highest BCUT2D eigenvalue weighted by Crippen LogP contribution is 2.37. The van der Waals surface area contributed by atoms with Crippen molar-refractivity contribution >= 4 is 22.2 Å². The number of benzene rings is 1. The standard InChI is InChI=1S/C19H20N2O3S/c1-24-16-5-3-2-4-12(16)6-9-18(23)21-19-15(11-20)14-8-7-13(22)10-17(14)25-19/h2-5,13,22H,6-10H2,1H3,(H,21,23). The maximum absolute atomic E-state index is 12.3. The van der Waals surface area contributed by atoms with Crippen molar-refractivity contribution in [1.29, 1.82) is 5.26 Å². The molecule has 6 heteroatoms. The fraction of sp³-hybridized carbons (Fsp3) is 0.368. The Morgan fingerprint density at radius 3 is 3.04 bits per heavy atom. The Hall–Kier alpha value is -2.36. The number of aryl methyl sites for hydroxylation is 1. The van der Waals surface area contributed by atoms with Crippen molar-refractivity contribution in [3.05, 3.63) is 45.8 Å². The molecule has 2 N–H and O–H groups in total. The number of amides is 1. The van der Waals surface area contributed by atoms with Gasteiger partial charge in [-0.2, -0.15) is 5.26 Å². The van der Waals surface area contributed by atoms with Gasteiger partial charge in [0.05, 0.1) is 18.8 Å². The highest BCUT2D eigenvalue weighted by Gasteiger charge is 2.25. The van der Waals surface area contributed by atoms with Crippen LogP contribution in [-0.2, 0) is 24.1 Å². The maximum Gasteiger partial charge on any atom is 0.225 e. The predicted molar refractivity (Wildman–Crippen MR) is 97.0 cm³/mol. The van der Waals surface area contributed by atoms with Gasteiger partial charge in [-0.15, -0.1) is 11.3 Å². The van der Waals surface area contributed by atoms with E-state index in [-0.39, 0.29) is 12.0 Å². The lowest BCUT2D eigenvalue weighted by molar-refractivity contribution is -0.116. The van der Waals surface area contributed by atoms with Crippen molar-refractivity contribution in [3.8, 4) is 11.8 Å². The van der Waals surface area contributed by atoms with E-state index in [0.717, 1.165) is 21.8 Å². The number of hydrogen-bond donors (Lipinski definition) is 2. The summed E-state index contributed by atoms with van der Waals surface area (Å²) >= 11 is 1.41. The molecule has 1 amide bonds. The van der Waals surface area contributed by atoms with Crippen LogP contribution in [0.4, 0.5) is 5.00 Å². The minimum atomic E-state index is -0.355. The van der Waals surface area contributed by atoms with Crippen molar-refractivity contribution in [1.82, 2.24) is 0 Å². The van der Waals surface area contributed by atoms with Gasteiger partial charge in [0.1, 0.15) is 16.8 Å². The molecule has 3 rings (SSSR count). The van der Waals surface area contributed by atoms with E-state index in [1.54, 1.807) is 7.11 Å². The van der Waals surface area contributed by atoms with Crippen LogP contribution < -0.4 is 10.1 Å². The number of para-hydroxylation sites is 1. The van der Waals surface area contributed by atoms with Crippen LogP contribution in [0.1, 0.15) is 34.4 Å². The summed E-state index contributed by atoms with van der Waals surface area (Å²) in [7, 11) is 1.61. The molecular formula is C19H20N2O3S. The predicted octanol–water partition coefficient (Wildman–Crippen LogP) is 3.05. The Morgan fingerprint density at radius 1 is 1.48 bits per heavy atom. The second kappa shape index (κ2) is 7.68. The largest absolute Gasteiger partial charge is 0.496 e. The first-order chi connectivity index (χ1) is 12.1. The smallest absolute Gasteiger partial charge is 0.225 e. The maximum atomic E-state index is 12.3. The number of rotatable bonds is 5. The molecule has 0 radical (unpaired) electrons. The first-order valence-electron chi connectivity index (χ1n) is 8.26. The minimum absolute atomic E-state index is 0.124. The van der Waals surface area contributed by atoms with E-state index in [4.69, 9.17) is 4.74 Å². The summed E-state index contributed by atoms with van der Waals surface area (Å²) in [4.78, 5) is 13.3. The quantitative estimate of drug-likeness (QED) is 0.863. The number of carbonyl (C=O) groups excluding carboxylic acids is 1. The van der Waals surface area contributed by atoms with Gasteiger partial charge in [-0.1, -0.05) is 18.2 Å². The zero-order chi connectivity index (χ0) is 17.8. The first-order valence-corrected chi connectivity index (χ1v) is 9.08. The highest BCUT2D eigenvalue weighted by atomic mass is 32.1. The number of nitrogens with zero attached hydrogens (tertiary/aromatic N) is 1. The number of aliphatic hydroxyl groups is 1. The summed E-state index contributed by atoms with van der Waals surface area (Å²) in [6.45, 7) is 0. The molecule has 1 aliphatic carbocycles. The fourth-order valence-electron chi connectivity index (χ4n) is 3.12. The molecule has 0 bridgehead atoms. The Balaban J connectivity index is 1.68. The number of anilines is 1. The van der Waals surface area contributed by atoms with Crippen LogP contribution in [-0.4, -0.2) is 24.2 Å². The molecule has 2 aromatic rings. The summed E-state index contributed by atoms with van der Waals surface area (Å²) in [5.74, 6) is 0.648. The van der Waals surface area contributed by atoms with Crippen molar-refractivity contribution in [2.75, 3.05) is 12.4 Å². The van der Waals surface area contributed by atoms with E-state index in [9.17, 15) is 15.2 Å². The summed E-state index contributed by atoms with van der Waals surface area (Å²) in [6, 6.07) is 9.84. The van der Waals surface area contributed by atoms with E-state index < -0.39 is 0 Å². The van der Waals surface area contributed by atoms with Crippen LogP contribution in [0, 0.1) is 11.3 Å². The molecular weight excluding hydrogens is 336 g/mol. The molecule has 0 aliphatic heterocycles. The Bertz CT molecular complexity index is 823. The van der Waals surface area contributed by atoms with Gasteiger partial charge in [0.2, 0.25) is 5.91 Å². The van der Waals surface area contributed by atoms with Gasteiger partial charge in [0, 0.05) is 17.7 Å². The molecule has 1 aromatic carbocycles. The monoisotopic (exact) mass is 356 g/mol. The third-order valence-electron chi connectivity index (χ3n) is 4.42. The number of carbonyl (C=O) groups is 1. The van der Waals surface area contributed by atoms with Gasteiger partial charge in [0.25, 0.3) is 0 Å². The van der Waals surface area contributed by atoms with Crippen molar-refractivity contribution in [2.24, 2.45) is 0 Å². The third-order valence-corrected chi connectivity index (χ3v) is 5.59. The zero-order valence-electron chi connectivity index (χ0n) is 14.0. The molecule has 0 saturated heterocycles. The van der Waals surface area contributed by atoms with Crippen molar-refractivity contribution in [3.63, 3.8) is 0 Å². The van der Waals surface area contributed by atoms with Crippen molar-refractivity contribution < 1.29 is 14.6 Å². The zero-order valence-corrected chi connectivity index (χ0v) is 14.9. The molecule has 1 unspecified atom stereocenters. The van der Waals surface area contributed by atoms with Gasteiger partial charge in [-0.25, -0.2) is 0 Å². The van der Waals surface area contributed by atoms with E-state index in [1.807, 2.05) is 24.3 Å². The van der Waals surface area contributed by atoms with Gasteiger partial charge in [-0.05, 0) is 36.5 Å². The van der Waals surface area contributed by atoms with Crippen LogP contribution in [0.3, 0.4) is 0 Å². The number of nitriles is 1. The molecule has 1 atom stereocenters. The van der Waals surface area contributed by atoms with Gasteiger partial charge in [0.15, 0.2) is 0 Å². The fourth-order valence-corrected chi connectivity index (χ4v) is 4.41. The number of hydrogen-bond acceptors (Lipinski definition) is 5. The second-order valence-corrected chi connectivity index (χ2v) is 7.18. The minimum Gasteiger partial charge on any atom is -0.496 e. The highest BCUT2D eigenvalue weighted by molar-refractivity contribution is 7.16. The molecule has 1 heterocycles. The molecule has 0 saturated carbocycles. The number of methoxy groups -OCH3 is 1. The average Bonchev–Trinajstić information content (AvgIpc) is 2.95. The van der Waals surface area contributed by atoms with Crippen LogP contribution in [0.2, 0.25) is 0 Å². The van der Waals surface area contributed by atoms with Gasteiger partial charge in [-0.3, -0.25) is 4.79 Å². The van der Waals surface area contributed by atoms with Gasteiger partial charge < -0.3 is 15.2 Å². The average molecular weight is 356 g/mol. The molecule has 130 valence electrons. The number of nitrogens with one attached hydrogen (secondary N) is 1. The number of ether oxygens (including phenoxy) is 1. The Labute approximate surface area is 150 Å². The second-order valence-electron chi connectivity index (χ2n) is 6.08. The van der Waals surface area contributed by atoms with Crippen LogP contribution >= 0.6 is 11.3 Å². The van der Waals surface area contributed by atoms with E-state index >= 15 is 0 Å². The third kappa shape index (κ3) is 3.84. The lowest BCUT2D eigenvalue weighted by Crippen LogP contribution is -2.17. The topological polar surface area (TPSA) is 82.3 Å². The van der Waals surface area contributed by atoms with Crippen LogP contribution in [0.15, 0.2) is 24.3 Å². The number of fused-ring (bicyclic) bond motifs is 1. The first kappa shape index (κ1) is 17.5. The number of aliphatic hydroxyl groups excluding tert-OH is 1. The van der Waals surface area contributed by atoms with E-state index in [0.29, 0.717) is 42.7 Å². The summed E-state index contributed by atoms with van der Waals surface area (Å²) in [5.41, 5.74) is 2.52. The van der Waals surface area contributed by atoms with E-state index in [1.165, 1.54) is 11.3 Å². The van der Waals surface area contributed by atoms with E-state index in [2.05, 4.69) is 11.4 Å². The van der Waals surface area contributed by atoms with Crippen LogP contribution in [0.5, 0.6) is 5.75 Å². The van der Waals surface area contributed by atoms with Gasteiger partial charge >= 0.3 is 0 Å². The lowest BCUT2D eigenvalue weighted by Gasteiger charge is -2.16. The molecule has 5 nitrogen and oxygen atoms in total. The summed E-state index contributed by atoms with van der Waals surface area (Å²) in [5, 5.41) is 22.7. The Morgan fingerprint density at radius 2 is 2.28 bits per heavy atom. The molecule has 0 spiro atoms. The molecule has 1 aliphatic rings. The Kier molecular flexibility index (Phi) is 5.37. The van der Waals surface area contributed by atoms with Crippen LogP contribution in [0.25, 0.3) is 0 Å². The molecule has 25 heavy (non-hydrogen) atoms. The molecule has 0 fully saturated rings.